The zero-order valence-corrected chi connectivity index (χ0v) is 15.0. The zero-order valence-electron chi connectivity index (χ0n) is 14.2. The van der Waals surface area contributed by atoms with Gasteiger partial charge >= 0.3 is 0 Å². The monoisotopic (exact) mass is 355 g/mol. The molecular weight excluding hydrogens is 334 g/mol. The van der Waals surface area contributed by atoms with Gasteiger partial charge in [-0.2, -0.15) is 9.97 Å². The number of hydrogen-bond acceptors (Lipinski definition) is 5. The van der Waals surface area contributed by atoms with Gasteiger partial charge in [0.15, 0.2) is 5.11 Å². The van der Waals surface area contributed by atoms with Crippen LogP contribution in [0.1, 0.15) is 11.1 Å². The highest BCUT2D eigenvalue weighted by molar-refractivity contribution is 7.80. The average molecular weight is 355 g/mol. The van der Waals surface area contributed by atoms with Crippen LogP contribution in [0.2, 0.25) is 0 Å². The minimum absolute atomic E-state index is 0.412. The van der Waals surface area contributed by atoms with E-state index < -0.39 is 0 Å². The molecule has 0 aliphatic carbocycles. The molecule has 1 aromatic carbocycles. The Hall–Kier alpha value is -2.67. The van der Waals surface area contributed by atoms with Crippen molar-refractivity contribution in [3.63, 3.8) is 0 Å². The summed E-state index contributed by atoms with van der Waals surface area (Å²) in [6.45, 7) is 5.94. The number of methoxy groups -OCH3 is 1. The maximum atomic E-state index is 5.32. The molecule has 0 saturated carbocycles. The molecule has 0 saturated heterocycles. The molecule has 0 atom stereocenters. The van der Waals surface area contributed by atoms with E-state index in [1.54, 1.807) is 13.2 Å². The van der Waals surface area contributed by atoms with Gasteiger partial charge in [0, 0.05) is 25.7 Å². The number of hydrogen-bond donors (Lipinski definition) is 2. The van der Waals surface area contributed by atoms with E-state index >= 15 is 0 Å². The fourth-order valence-corrected chi connectivity index (χ4v) is 2.91. The van der Waals surface area contributed by atoms with Crippen molar-refractivity contribution < 1.29 is 4.74 Å². The van der Waals surface area contributed by atoms with E-state index in [-0.39, 0.29) is 0 Å². The predicted molar refractivity (Wildman–Crippen MR) is 104 cm³/mol. The van der Waals surface area contributed by atoms with E-state index in [2.05, 4.69) is 56.3 Å². The van der Waals surface area contributed by atoms with Gasteiger partial charge in [-0.3, -0.25) is 0 Å². The molecule has 0 radical (unpaired) electrons. The first-order valence-corrected chi connectivity index (χ1v) is 8.51. The average Bonchev–Trinajstić information content (AvgIpc) is 2.65. The van der Waals surface area contributed by atoms with E-state index in [1.807, 2.05) is 6.07 Å². The molecule has 130 valence electrons. The number of thiocarbonyl (C=S) groups is 1. The molecule has 6 nitrogen and oxygen atoms in total. The second-order valence-electron chi connectivity index (χ2n) is 5.66. The topological polar surface area (TPSA) is 62.3 Å². The van der Waals surface area contributed by atoms with Gasteiger partial charge in [-0.05, 0) is 29.8 Å². The van der Waals surface area contributed by atoms with E-state index in [9.17, 15) is 0 Å². The lowest BCUT2D eigenvalue weighted by molar-refractivity contribution is 0.397. The standard InChI is InChI=1S/C18H21N5OS/c1-3-9-19-18(25)22-17-20-15(11-16(21-17)24-2)23-10-8-13-6-4-5-7-14(13)12-23/h3-7,11H,1,8-10,12H2,2H3,(H2,19,20,21,22,25). The largest absolute Gasteiger partial charge is 0.481 e. The second-order valence-corrected chi connectivity index (χ2v) is 6.06. The summed E-state index contributed by atoms with van der Waals surface area (Å²) in [6.07, 6.45) is 2.72. The third kappa shape index (κ3) is 4.24. The minimum Gasteiger partial charge on any atom is -0.481 e. The summed E-state index contributed by atoms with van der Waals surface area (Å²) in [5.41, 5.74) is 2.72. The third-order valence-electron chi connectivity index (χ3n) is 3.99. The predicted octanol–water partition coefficient (Wildman–Crippen LogP) is 2.52. The van der Waals surface area contributed by atoms with E-state index in [4.69, 9.17) is 17.0 Å². The van der Waals surface area contributed by atoms with Gasteiger partial charge < -0.3 is 20.3 Å². The first kappa shape index (κ1) is 17.2. The van der Waals surface area contributed by atoms with E-state index in [0.717, 1.165) is 25.3 Å². The molecule has 1 aromatic heterocycles. The molecule has 0 spiro atoms. The van der Waals surface area contributed by atoms with E-state index in [1.165, 1.54) is 11.1 Å². The van der Waals surface area contributed by atoms with Crippen molar-refractivity contribution in [2.45, 2.75) is 13.0 Å². The summed E-state index contributed by atoms with van der Waals surface area (Å²) in [7, 11) is 1.59. The Balaban J connectivity index is 1.80. The van der Waals surface area contributed by atoms with E-state index in [0.29, 0.717) is 23.5 Å². The number of nitrogens with zero attached hydrogens (tertiary/aromatic N) is 3. The number of nitrogens with one attached hydrogen (secondary N) is 2. The molecule has 2 aromatic rings. The molecular formula is C18H21N5OS. The molecule has 3 rings (SSSR count). The summed E-state index contributed by atoms with van der Waals surface area (Å²) in [5.74, 6) is 1.73. The van der Waals surface area contributed by atoms with Crippen molar-refractivity contribution in [2.75, 3.05) is 30.4 Å². The van der Waals surface area contributed by atoms with Crippen LogP contribution < -0.4 is 20.3 Å². The van der Waals surface area contributed by atoms with Gasteiger partial charge in [-0.25, -0.2) is 0 Å². The number of anilines is 2. The molecule has 0 amide bonds. The molecule has 0 fully saturated rings. The number of fused-ring (bicyclic) bond motifs is 1. The Kier molecular flexibility index (Phi) is 5.45. The molecule has 1 aliphatic heterocycles. The summed E-state index contributed by atoms with van der Waals surface area (Å²) in [4.78, 5) is 11.1. The fourth-order valence-electron chi connectivity index (χ4n) is 2.74. The van der Waals surface area contributed by atoms with Crippen molar-refractivity contribution in [2.24, 2.45) is 0 Å². The maximum Gasteiger partial charge on any atom is 0.234 e. The van der Waals surface area contributed by atoms with Crippen molar-refractivity contribution in [1.82, 2.24) is 15.3 Å². The summed E-state index contributed by atoms with van der Waals surface area (Å²) >= 11 is 5.23. The van der Waals surface area contributed by atoms with Gasteiger partial charge in [0.1, 0.15) is 5.82 Å². The Morgan fingerprint density at radius 3 is 2.92 bits per heavy atom. The van der Waals surface area contributed by atoms with Crippen LogP contribution in [0, 0.1) is 0 Å². The summed E-state index contributed by atoms with van der Waals surface area (Å²) in [6, 6.07) is 10.3. The van der Waals surface area contributed by atoms with Crippen molar-refractivity contribution in [1.29, 1.82) is 0 Å². The smallest absolute Gasteiger partial charge is 0.234 e. The quantitative estimate of drug-likeness (QED) is 0.631. The lowest BCUT2D eigenvalue weighted by Crippen LogP contribution is -2.32. The Labute approximate surface area is 152 Å². The molecule has 0 unspecified atom stereocenters. The van der Waals surface area contributed by atoms with Crippen LogP contribution in [0.25, 0.3) is 0 Å². The second kappa shape index (κ2) is 7.94. The highest BCUT2D eigenvalue weighted by Crippen LogP contribution is 2.26. The number of ether oxygens (including phenoxy) is 1. The van der Waals surface area contributed by atoms with Crippen LogP contribution in [0.3, 0.4) is 0 Å². The SMILES string of the molecule is C=CCNC(=S)Nc1nc(OC)cc(N2CCc3ccccc3C2)n1. The minimum atomic E-state index is 0.412. The Bertz CT molecular complexity index is 780. The number of benzene rings is 1. The van der Waals surface area contributed by atoms with Gasteiger partial charge in [0.25, 0.3) is 0 Å². The van der Waals surface area contributed by atoms with Crippen molar-refractivity contribution in [3.8, 4) is 5.88 Å². The van der Waals surface area contributed by atoms with Crippen LogP contribution >= 0.6 is 12.2 Å². The van der Waals surface area contributed by atoms with Gasteiger partial charge in [0.2, 0.25) is 11.8 Å². The molecule has 0 bridgehead atoms. The lowest BCUT2D eigenvalue weighted by Gasteiger charge is -2.30. The molecule has 2 heterocycles. The normalized spacial score (nSPS) is 12.9. The van der Waals surface area contributed by atoms with Crippen LogP contribution in [0.5, 0.6) is 5.88 Å². The van der Waals surface area contributed by atoms with Crippen LogP contribution in [-0.2, 0) is 13.0 Å². The van der Waals surface area contributed by atoms with Gasteiger partial charge in [-0.15, -0.1) is 6.58 Å². The van der Waals surface area contributed by atoms with Gasteiger partial charge in [-0.1, -0.05) is 30.3 Å². The molecule has 2 N–H and O–H groups in total. The zero-order chi connectivity index (χ0) is 17.6. The summed E-state index contributed by atoms with van der Waals surface area (Å²) in [5, 5.41) is 6.44. The molecule has 7 heteroatoms. The fraction of sp³-hybridized carbons (Fsp3) is 0.278. The molecule has 25 heavy (non-hydrogen) atoms. The Morgan fingerprint density at radius 2 is 2.16 bits per heavy atom. The maximum absolute atomic E-state index is 5.32. The lowest BCUT2D eigenvalue weighted by atomic mass is 10.00. The number of aromatic nitrogens is 2. The first-order valence-electron chi connectivity index (χ1n) is 8.10. The summed E-state index contributed by atoms with van der Waals surface area (Å²) < 4.78 is 5.32. The number of rotatable bonds is 5. The van der Waals surface area contributed by atoms with Crippen molar-refractivity contribution >= 4 is 29.1 Å². The van der Waals surface area contributed by atoms with Crippen molar-refractivity contribution in [3.05, 3.63) is 54.1 Å². The van der Waals surface area contributed by atoms with Crippen LogP contribution in [0.4, 0.5) is 11.8 Å². The highest BCUT2D eigenvalue weighted by Gasteiger charge is 2.19. The van der Waals surface area contributed by atoms with Gasteiger partial charge in [0.05, 0.1) is 7.11 Å². The Morgan fingerprint density at radius 1 is 1.36 bits per heavy atom. The van der Waals surface area contributed by atoms with Crippen LogP contribution in [0.15, 0.2) is 43.0 Å². The molecule has 1 aliphatic rings. The first-order chi connectivity index (χ1) is 12.2. The highest BCUT2D eigenvalue weighted by atomic mass is 32.1. The van der Waals surface area contributed by atoms with Crippen LogP contribution in [-0.4, -0.2) is 35.3 Å². The third-order valence-corrected chi connectivity index (χ3v) is 4.23.